The Morgan fingerprint density at radius 2 is 0.562 bits per heavy atom. The number of unbranched alkanes of at least 4 members (excludes halogenated alkanes) is 53. The topological polar surface area (TPSA) is 95.9 Å². The van der Waals surface area contributed by atoms with Gasteiger partial charge >= 0.3 is 5.97 Å². The van der Waals surface area contributed by atoms with E-state index < -0.39 is 12.1 Å². The number of nitrogens with one attached hydrogen (secondary N) is 1. The van der Waals surface area contributed by atoms with E-state index in [1.165, 1.54) is 321 Å². The summed E-state index contributed by atoms with van der Waals surface area (Å²) in [5, 5.41) is 23.4. The first-order valence-electron chi connectivity index (χ1n) is 33.8. The molecule has 0 aromatic heterocycles. The number of hydrogen-bond acceptors (Lipinski definition) is 5. The molecule has 2 unspecified atom stereocenters. The van der Waals surface area contributed by atoms with Crippen molar-refractivity contribution in [2.24, 2.45) is 0 Å². The predicted molar refractivity (Wildman–Crippen MR) is 320 cm³/mol. The van der Waals surface area contributed by atoms with Crippen LogP contribution in [0.3, 0.4) is 0 Å². The van der Waals surface area contributed by atoms with Crippen LogP contribution in [-0.2, 0) is 14.3 Å². The molecule has 0 aromatic rings. The molecule has 0 saturated heterocycles. The Morgan fingerprint density at radius 1 is 0.329 bits per heavy atom. The summed E-state index contributed by atoms with van der Waals surface area (Å²) in [6.07, 6.45) is 75.5. The minimum absolute atomic E-state index is 0.0133. The summed E-state index contributed by atoms with van der Waals surface area (Å²) in [6, 6.07) is -0.544. The van der Waals surface area contributed by atoms with E-state index >= 15 is 0 Å². The zero-order chi connectivity index (χ0) is 52.9. The van der Waals surface area contributed by atoms with Gasteiger partial charge in [0.15, 0.2) is 0 Å². The fourth-order valence-electron chi connectivity index (χ4n) is 11.0. The largest absolute Gasteiger partial charge is 0.466 e. The van der Waals surface area contributed by atoms with Crippen molar-refractivity contribution in [3.05, 3.63) is 0 Å². The monoisotopic (exact) mass is 1030 g/mol. The van der Waals surface area contributed by atoms with Gasteiger partial charge in [0.25, 0.3) is 0 Å². The van der Waals surface area contributed by atoms with Gasteiger partial charge in [0, 0.05) is 12.8 Å². The molecule has 1 amide bonds. The zero-order valence-corrected chi connectivity index (χ0v) is 49.9. The van der Waals surface area contributed by atoms with Crippen LogP contribution in [0, 0.1) is 0 Å². The first-order valence-corrected chi connectivity index (χ1v) is 33.8. The molecule has 0 bridgehead atoms. The second-order valence-corrected chi connectivity index (χ2v) is 23.5. The maximum atomic E-state index is 12.5. The van der Waals surface area contributed by atoms with Crippen LogP contribution in [-0.4, -0.2) is 47.4 Å². The average Bonchev–Trinajstić information content (AvgIpc) is 3.39. The number of carbonyl (C=O) groups is 2. The second kappa shape index (κ2) is 63.4. The van der Waals surface area contributed by atoms with Crippen molar-refractivity contribution in [2.75, 3.05) is 13.2 Å². The van der Waals surface area contributed by atoms with Gasteiger partial charge in [0.1, 0.15) is 0 Å². The van der Waals surface area contributed by atoms with Crippen LogP contribution < -0.4 is 5.32 Å². The van der Waals surface area contributed by atoms with Crippen LogP contribution in [0.2, 0.25) is 0 Å². The lowest BCUT2D eigenvalue weighted by Crippen LogP contribution is -2.45. The van der Waals surface area contributed by atoms with Crippen molar-refractivity contribution in [3.63, 3.8) is 0 Å². The quantitative estimate of drug-likeness (QED) is 0.0417. The molecule has 6 heteroatoms. The minimum atomic E-state index is -0.667. The molecule has 6 nitrogen and oxygen atoms in total. The molecule has 0 fully saturated rings. The average molecular weight is 1030 g/mol. The molecule has 0 rings (SSSR count). The van der Waals surface area contributed by atoms with Gasteiger partial charge in [-0.15, -0.1) is 0 Å². The lowest BCUT2D eigenvalue weighted by Gasteiger charge is -2.22. The standard InChI is InChI=1S/C67H133NO5/c1-3-5-7-9-11-13-15-17-19-21-23-24-27-31-35-39-43-47-51-55-59-65(70)64(63-69)68-66(71)60-56-52-48-44-40-36-32-28-25-26-30-34-38-42-46-50-54-58-62-73-67(72)61-57-53-49-45-41-37-33-29-22-20-18-16-14-12-10-8-6-4-2/h64-65,69-70H,3-63H2,1-2H3,(H,68,71). The summed E-state index contributed by atoms with van der Waals surface area (Å²) in [7, 11) is 0. The molecule has 0 aliphatic rings. The SMILES string of the molecule is CCCCCCCCCCCCCCCCCCCCCCC(O)C(CO)NC(=O)CCCCCCCCCCCCCCCCCCCCOC(=O)CCCCCCCCCCCCCCCCCCCC. The highest BCUT2D eigenvalue weighted by Crippen LogP contribution is 2.19. The van der Waals surface area contributed by atoms with Crippen LogP contribution in [0.1, 0.15) is 393 Å². The third-order valence-corrected chi connectivity index (χ3v) is 16.2. The van der Waals surface area contributed by atoms with Crippen LogP contribution in [0.15, 0.2) is 0 Å². The van der Waals surface area contributed by atoms with E-state index in [-0.39, 0.29) is 18.5 Å². The van der Waals surface area contributed by atoms with Crippen molar-refractivity contribution in [3.8, 4) is 0 Å². The molecule has 3 N–H and O–H groups in total. The van der Waals surface area contributed by atoms with Gasteiger partial charge < -0.3 is 20.3 Å². The normalized spacial score (nSPS) is 12.4. The van der Waals surface area contributed by atoms with E-state index in [1.807, 2.05) is 0 Å². The molecule has 2 atom stereocenters. The molecular formula is C67H133NO5. The third kappa shape index (κ3) is 60.0. The number of aliphatic hydroxyl groups excluding tert-OH is 2. The Balaban J connectivity index is 3.37. The van der Waals surface area contributed by atoms with Crippen molar-refractivity contribution in [2.45, 2.75) is 405 Å². The zero-order valence-electron chi connectivity index (χ0n) is 49.9. The number of amides is 1. The van der Waals surface area contributed by atoms with Crippen molar-refractivity contribution < 1.29 is 24.5 Å². The van der Waals surface area contributed by atoms with E-state index in [9.17, 15) is 19.8 Å². The fraction of sp³-hybridized carbons (Fsp3) is 0.970. The number of rotatable bonds is 64. The smallest absolute Gasteiger partial charge is 0.305 e. The Morgan fingerprint density at radius 3 is 0.836 bits per heavy atom. The molecule has 0 heterocycles. The summed E-state index contributed by atoms with van der Waals surface area (Å²) in [4.78, 5) is 24.6. The molecule has 0 spiro atoms. The number of esters is 1. The van der Waals surface area contributed by atoms with Gasteiger partial charge in [-0.25, -0.2) is 0 Å². The highest BCUT2D eigenvalue weighted by atomic mass is 16.5. The second-order valence-electron chi connectivity index (χ2n) is 23.5. The molecule has 436 valence electrons. The van der Waals surface area contributed by atoms with E-state index in [0.29, 0.717) is 25.9 Å². The number of ether oxygens (including phenoxy) is 1. The third-order valence-electron chi connectivity index (χ3n) is 16.2. The van der Waals surface area contributed by atoms with E-state index in [2.05, 4.69) is 19.2 Å². The molecule has 0 aliphatic carbocycles. The van der Waals surface area contributed by atoms with E-state index in [4.69, 9.17) is 4.74 Å². The molecule has 73 heavy (non-hydrogen) atoms. The predicted octanol–water partition coefficient (Wildman–Crippen LogP) is 21.4. The molecule has 0 aromatic carbocycles. The first-order chi connectivity index (χ1) is 36.0. The van der Waals surface area contributed by atoms with Crippen molar-refractivity contribution in [1.82, 2.24) is 5.32 Å². The Kier molecular flexibility index (Phi) is 62.4. The maximum Gasteiger partial charge on any atom is 0.305 e. The maximum absolute atomic E-state index is 12.5. The highest BCUT2D eigenvalue weighted by Gasteiger charge is 2.20. The summed E-state index contributed by atoms with van der Waals surface area (Å²) in [6.45, 7) is 4.99. The van der Waals surface area contributed by atoms with Crippen LogP contribution in [0.4, 0.5) is 0 Å². The highest BCUT2D eigenvalue weighted by molar-refractivity contribution is 5.76. The van der Waals surface area contributed by atoms with Gasteiger partial charge in [-0.3, -0.25) is 9.59 Å². The van der Waals surface area contributed by atoms with Gasteiger partial charge in [-0.05, 0) is 25.7 Å². The van der Waals surface area contributed by atoms with Crippen molar-refractivity contribution >= 4 is 11.9 Å². The summed E-state index contributed by atoms with van der Waals surface area (Å²) in [5.41, 5.74) is 0. The molecular weight excluding hydrogens is 899 g/mol. The summed E-state index contributed by atoms with van der Waals surface area (Å²) in [5.74, 6) is -0.0205. The summed E-state index contributed by atoms with van der Waals surface area (Å²) >= 11 is 0. The van der Waals surface area contributed by atoms with Crippen LogP contribution >= 0.6 is 0 Å². The molecule has 0 radical (unpaired) electrons. The van der Waals surface area contributed by atoms with Gasteiger partial charge in [-0.2, -0.15) is 0 Å². The number of carbonyl (C=O) groups excluding carboxylic acids is 2. The number of aliphatic hydroxyl groups is 2. The summed E-state index contributed by atoms with van der Waals surface area (Å²) < 4.78 is 5.50. The Hall–Kier alpha value is -1.14. The first kappa shape index (κ1) is 71.9. The van der Waals surface area contributed by atoms with Gasteiger partial charge in [0.2, 0.25) is 5.91 Å². The molecule has 0 aliphatic heterocycles. The Bertz CT molecular complexity index is 1050. The van der Waals surface area contributed by atoms with E-state index in [1.54, 1.807) is 0 Å². The van der Waals surface area contributed by atoms with E-state index in [0.717, 1.165) is 38.5 Å². The van der Waals surface area contributed by atoms with Gasteiger partial charge in [0.05, 0.1) is 25.4 Å². The van der Waals surface area contributed by atoms with Crippen LogP contribution in [0.5, 0.6) is 0 Å². The van der Waals surface area contributed by atoms with Crippen LogP contribution in [0.25, 0.3) is 0 Å². The Labute approximate surface area is 457 Å². The number of hydrogen-bond donors (Lipinski definition) is 3. The minimum Gasteiger partial charge on any atom is -0.466 e. The fourth-order valence-corrected chi connectivity index (χ4v) is 11.0. The molecule has 0 saturated carbocycles. The lowest BCUT2D eigenvalue weighted by atomic mass is 10.0. The lowest BCUT2D eigenvalue weighted by molar-refractivity contribution is -0.143. The van der Waals surface area contributed by atoms with Gasteiger partial charge in [-0.1, -0.05) is 354 Å². The van der Waals surface area contributed by atoms with Crippen molar-refractivity contribution in [1.29, 1.82) is 0 Å².